The third-order valence-electron chi connectivity index (χ3n) is 2.22. The molecule has 1 aliphatic rings. The predicted octanol–water partition coefficient (Wildman–Crippen LogP) is 1.66. The number of hydrogen-bond acceptors (Lipinski definition) is 3. The molecule has 0 aromatic carbocycles. The molecule has 1 aliphatic carbocycles. The summed E-state index contributed by atoms with van der Waals surface area (Å²) in [5.41, 5.74) is 0.353. The Morgan fingerprint density at radius 3 is 3.07 bits per heavy atom. The molecular formula is C10H12ClN3O. The van der Waals surface area contributed by atoms with E-state index < -0.39 is 0 Å². The van der Waals surface area contributed by atoms with Crippen molar-refractivity contribution in [1.29, 1.82) is 0 Å². The van der Waals surface area contributed by atoms with E-state index in [4.69, 9.17) is 11.6 Å². The van der Waals surface area contributed by atoms with E-state index in [0.29, 0.717) is 18.3 Å². The highest BCUT2D eigenvalue weighted by Crippen LogP contribution is 2.26. The zero-order valence-electron chi connectivity index (χ0n) is 8.24. The molecule has 0 amide bonds. The minimum absolute atomic E-state index is 0.207. The van der Waals surface area contributed by atoms with Crippen LogP contribution in [0.15, 0.2) is 23.6 Å². The first-order valence-electron chi connectivity index (χ1n) is 4.85. The van der Waals surface area contributed by atoms with Crippen molar-refractivity contribution in [3.63, 3.8) is 0 Å². The standard InChI is InChI=1S/C10H12ClN3O/c1-2-5-14-10(15)9(11)8(6-12-14)13-7-3-4-7/h2,6-7,13H,1,3-5H2. The Labute approximate surface area is 92.6 Å². The van der Waals surface area contributed by atoms with Crippen molar-refractivity contribution in [2.45, 2.75) is 25.4 Å². The Bertz CT molecular complexity index is 437. The van der Waals surface area contributed by atoms with Gasteiger partial charge in [0, 0.05) is 6.04 Å². The van der Waals surface area contributed by atoms with Crippen molar-refractivity contribution in [2.24, 2.45) is 0 Å². The number of nitrogens with zero attached hydrogens (tertiary/aromatic N) is 2. The number of halogens is 1. The molecule has 1 saturated carbocycles. The third kappa shape index (κ3) is 2.21. The van der Waals surface area contributed by atoms with Crippen molar-refractivity contribution in [3.05, 3.63) is 34.2 Å². The second-order valence-electron chi connectivity index (χ2n) is 3.57. The zero-order chi connectivity index (χ0) is 10.8. The smallest absolute Gasteiger partial charge is 0.287 e. The maximum Gasteiger partial charge on any atom is 0.287 e. The Kier molecular flexibility index (Phi) is 2.77. The molecule has 1 aromatic heterocycles. The lowest BCUT2D eigenvalue weighted by molar-refractivity contribution is 0.653. The summed E-state index contributed by atoms with van der Waals surface area (Å²) in [4.78, 5) is 11.7. The summed E-state index contributed by atoms with van der Waals surface area (Å²) in [6, 6.07) is 0.457. The normalized spacial score (nSPS) is 15.0. The zero-order valence-corrected chi connectivity index (χ0v) is 9.00. The molecule has 0 aliphatic heterocycles. The molecular weight excluding hydrogens is 214 g/mol. The van der Waals surface area contributed by atoms with Gasteiger partial charge in [-0.3, -0.25) is 4.79 Å². The van der Waals surface area contributed by atoms with E-state index in [2.05, 4.69) is 17.0 Å². The van der Waals surface area contributed by atoms with E-state index >= 15 is 0 Å². The fourth-order valence-electron chi connectivity index (χ4n) is 1.27. The Balaban J connectivity index is 2.29. The maximum atomic E-state index is 11.7. The predicted molar refractivity (Wildman–Crippen MR) is 60.3 cm³/mol. The first kappa shape index (κ1) is 10.2. The molecule has 0 saturated heterocycles. The van der Waals surface area contributed by atoms with Crippen LogP contribution in [0.4, 0.5) is 5.69 Å². The Morgan fingerprint density at radius 2 is 2.47 bits per heavy atom. The summed E-state index contributed by atoms with van der Waals surface area (Å²) < 4.78 is 1.29. The Hall–Kier alpha value is -1.29. The van der Waals surface area contributed by atoms with Gasteiger partial charge in [-0.2, -0.15) is 5.10 Å². The summed E-state index contributed by atoms with van der Waals surface area (Å²) >= 11 is 5.94. The summed E-state index contributed by atoms with van der Waals surface area (Å²) in [6.07, 6.45) is 5.46. The quantitative estimate of drug-likeness (QED) is 0.793. The van der Waals surface area contributed by atoms with Gasteiger partial charge >= 0.3 is 0 Å². The molecule has 0 atom stereocenters. The van der Waals surface area contributed by atoms with Crippen LogP contribution in [-0.4, -0.2) is 15.8 Å². The third-order valence-corrected chi connectivity index (χ3v) is 2.59. The van der Waals surface area contributed by atoms with E-state index in [9.17, 15) is 4.79 Å². The van der Waals surface area contributed by atoms with E-state index in [0.717, 1.165) is 12.8 Å². The first-order valence-corrected chi connectivity index (χ1v) is 5.23. The lowest BCUT2D eigenvalue weighted by Crippen LogP contribution is -2.23. The van der Waals surface area contributed by atoms with Gasteiger partial charge in [0.05, 0.1) is 18.4 Å². The van der Waals surface area contributed by atoms with Crippen molar-refractivity contribution >= 4 is 17.3 Å². The summed E-state index contributed by atoms with van der Waals surface area (Å²) in [5.74, 6) is 0. The van der Waals surface area contributed by atoms with Gasteiger partial charge in [-0.1, -0.05) is 17.7 Å². The van der Waals surface area contributed by atoms with Crippen LogP contribution in [0.1, 0.15) is 12.8 Å². The molecule has 0 unspecified atom stereocenters. The van der Waals surface area contributed by atoms with Crippen LogP contribution in [0.25, 0.3) is 0 Å². The topological polar surface area (TPSA) is 46.9 Å². The monoisotopic (exact) mass is 225 g/mol. The number of allylic oxidation sites excluding steroid dienone is 1. The second-order valence-corrected chi connectivity index (χ2v) is 3.94. The second kappa shape index (κ2) is 4.06. The average molecular weight is 226 g/mol. The molecule has 0 spiro atoms. The molecule has 80 valence electrons. The van der Waals surface area contributed by atoms with Crippen LogP contribution in [0.5, 0.6) is 0 Å². The Morgan fingerprint density at radius 1 is 1.73 bits per heavy atom. The molecule has 2 rings (SSSR count). The van der Waals surface area contributed by atoms with Gasteiger partial charge in [0.25, 0.3) is 5.56 Å². The number of aromatic nitrogens is 2. The van der Waals surface area contributed by atoms with Crippen LogP contribution in [-0.2, 0) is 6.54 Å². The van der Waals surface area contributed by atoms with E-state index in [1.807, 2.05) is 0 Å². The highest BCUT2D eigenvalue weighted by molar-refractivity contribution is 6.32. The van der Waals surface area contributed by atoms with Gasteiger partial charge < -0.3 is 5.32 Å². The van der Waals surface area contributed by atoms with Crippen LogP contribution in [0.2, 0.25) is 5.02 Å². The molecule has 1 N–H and O–H groups in total. The average Bonchev–Trinajstić information content (AvgIpc) is 3.02. The van der Waals surface area contributed by atoms with E-state index in [1.54, 1.807) is 12.3 Å². The highest BCUT2D eigenvalue weighted by atomic mass is 35.5. The molecule has 4 nitrogen and oxygen atoms in total. The number of rotatable bonds is 4. The SMILES string of the molecule is C=CCn1ncc(NC2CC2)c(Cl)c1=O. The first-order chi connectivity index (χ1) is 7.22. The molecule has 0 bridgehead atoms. The van der Waals surface area contributed by atoms with Gasteiger partial charge in [-0.25, -0.2) is 4.68 Å². The molecule has 5 heteroatoms. The lowest BCUT2D eigenvalue weighted by Gasteiger charge is -2.07. The van der Waals surface area contributed by atoms with Gasteiger partial charge in [-0.15, -0.1) is 6.58 Å². The summed E-state index contributed by atoms with van der Waals surface area (Å²) in [7, 11) is 0. The minimum atomic E-state index is -0.276. The van der Waals surface area contributed by atoms with Crippen LogP contribution >= 0.6 is 11.6 Å². The van der Waals surface area contributed by atoms with E-state index in [1.165, 1.54) is 4.68 Å². The molecule has 1 heterocycles. The van der Waals surface area contributed by atoms with E-state index in [-0.39, 0.29) is 10.6 Å². The summed E-state index contributed by atoms with van der Waals surface area (Å²) in [6.45, 7) is 3.93. The van der Waals surface area contributed by atoms with Gasteiger partial charge in [0.1, 0.15) is 5.02 Å². The van der Waals surface area contributed by atoms with Gasteiger partial charge in [0.2, 0.25) is 0 Å². The highest BCUT2D eigenvalue weighted by Gasteiger charge is 2.22. The molecule has 1 aromatic rings. The van der Waals surface area contributed by atoms with Crippen LogP contribution in [0.3, 0.4) is 0 Å². The minimum Gasteiger partial charge on any atom is -0.380 e. The largest absolute Gasteiger partial charge is 0.380 e. The van der Waals surface area contributed by atoms with Crippen LogP contribution in [0, 0.1) is 0 Å². The van der Waals surface area contributed by atoms with Crippen molar-refractivity contribution in [3.8, 4) is 0 Å². The molecule has 0 radical (unpaired) electrons. The maximum absolute atomic E-state index is 11.7. The number of nitrogens with one attached hydrogen (secondary N) is 1. The van der Waals surface area contributed by atoms with Crippen molar-refractivity contribution in [1.82, 2.24) is 9.78 Å². The van der Waals surface area contributed by atoms with Gasteiger partial charge in [-0.05, 0) is 12.8 Å². The molecule has 1 fully saturated rings. The lowest BCUT2D eigenvalue weighted by atomic mass is 10.4. The van der Waals surface area contributed by atoms with Crippen molar-refractivity contribution in [2.75, 3.05) is 5.32 Å². The fraction of sp³-hybridized carbons (Fsp3) is 0.400. The summed E-state index contributed by atoms with van der Waals surface area (Å²) in [5, 5.41) is 7.36. The number of hydrogen-bond donors (Lipinski definition) is 1. The van der Waals surface area contributed by atoms with Crippen LogP contribution < -0.4 is 10.9 Å². The van der Waals surface area contributed by atoms with Gasteiger partial charge in [0.15, 0.2) is 0 Å². The molecule has 15 heavy (non-hydrogen) atoms. The van der Waals surface area contributed by atoms with Crippen molar-refractivity contribution < 1.29 is 0 Å². The fourth-order valence-corrected chi connectivity index (χ4v) is 1.47. The number of anilines is 1.